The number of nitrogens with one attached hydrogen (secondary N) is 1. The van der Waals surface area contributed by atoms with Crippen LogP contribution in [-0.2, 0) is 4.84 Å². The van der Waals surface area contributed by atoms with Gasteiger partial charge in [-0.05, 0) is 24.3 Å². The number of amides is 2. The number of carbonyl (C=O) groups excluding carboxylic acids is 2. The molecule has 1 heterocycles. The van der Waals surface area contributed by atoms with E-state index >= 15 is 0 Å². The molecule has 0 spiro atoms. The minimum absolute atomic E-state index is 0.0343. The van der Waals surface area contributed by atoms with Crippen LogP contribution in [0.25, 0.3) is 0 Å². The molecule has 102 valence electrons. The molecule has 1 aromatic rings. The number of nitrogens with two attached hydrogens (primary N) is 1. The Hall–Kier alpha value is -2.32. The normalized spacial score (nSPS) is 15.2. The highest BCUT2D eigenvalue weighted by molar-refractivity contribution is 5.90. The van der Waals surface area contributed by atoms with Crippen LogP contribution in [0.4, 0.5) is 4.79 Å². The van der Waals surface area contributed by atoms with Crippen molar-refractivity contribution in [2.24, 2.45) is 5.73 Å². The quantitative estimate of drug-likeness (QED) is 0.630. The van der Waals surface area contributed by atoms with Crippen LogP contribution in [0.5, 0.6) is 5.75 Å². The van der Waals surface area contributed by atoms with Gasteiger partial charge in [-0.15, -0.1) is 0 Å². The number of hydrogen-bond acceptors (Lipinski definition) is 6. The molecule has 0 atom stereocenters. The van der Waals surface area contributed by atoms with Crippen molar-refractivity contribution in [3.8, 4) is 5.75 Å². The van der Waals surface area contributed by atoms with Crippen LogP contribution in [0, 0.1) is 0 Å². The Kier molecular flexibility index (Phi) is 3.83. The number of urea groups is 1. The molecule has 0 aliphatic carbocycles. The maximum atomic E-state index is 11.8. The van der Waals surface area contributed by atoms with E-state index in [1.807, 2.05) is 0 Å². The van der Waals surface area contributed by atoms with E-state index in [0.717, 1.165) is 5.17 Å². The average molecular weight is 266 g/mol. The second kappa shape index (κ2) is 5.55. The summed E-state index contributed by atoms with van der Waals surface area (Å²) in [6.45, 7) is 1.54. The number of aromatic hydroxyl groups is 1. The van der Waals surface area contributed by atoms with Crippen LogP contribution in [0.2, 0.25) is 0 Å². The predicted molar refractivity (Wildman–Crippen MR) is 64.5 cm³/mol. The van der Waals surface area contributed by atoms with E-state index < -0.39 is 12.0 Å². The molecular weight excluding hydrogens is 252 g/mol. The lowest BCUT2D eigenvalue weighted by atomic mass is 10.2. The Balaban J connectivity index is 2.06. The first-order valence-corrected chi connectivity index (χ1v) is 5.64. The summed E-state index contributed by atoms with van der Waals surface area (Å²) in [4.78, 5) is 28.0. The zero-order valence-corrected chi connectivity index (χ0v) is 10.1. The molecule has 0 radical (unpaired) electrons. The zero-order valence-electron chi connectivity index (χ0n) is 10.1. The van der Waals surface area contributed by atoms with Crippen molar-refractivity contribution in [3.05, 3.63) is 29.8 Å². The number of hydrogen-bond donors (Lipinski definition) is 3. The second-order valence-corrected chi connectivity index (χ2v) is 3.92. The van der Waals surface area contributed by atoms with Crippen LogP contribution in [-0.4, -0.2) is 47.0 Å². The van der Waals surface area contributed by atoms with Gasteiger partial charge in [-0.3, -0.25) is 0 Å². The number of phenols is 1. The molecule has 1 aliphatic rings. The third-order valence-electron chi connectivity index (χ3n) is 2.56. The van der Waals surface area contributed by atoms with Crippen molar-refractivity contribution in [3.63, 3.8) is 0 Å². The number of hydroxylamine groups is 1. The molecule has 1 aliphatic heterocycles. The summed E-state index contributed by atoms with van der Waals surface area (Å²) in [6.07, 6.45) is 0. The predicted octanol–water partition coefficient (Wildman–Crippen LogP) is -0.378. The number of rotatable bonds is 2. The van der Waals surface area contributed by atoms with Crippen molar-refractivity contribution in [2.45, 2.75) is 0 Å². The smallest absolute Gasteiger partial charge is 0.365 e. The van der Waals surface area contributed by atoms with Crippen LogP contribution < -0.4 is 11.1 Å². The Bertz CT molecular complexity index is 470. The molecular formula is C11H14N4O4. The van der Waals surface area contributed by atoms with E-state index in [4.69, 9.17) is 15.7 Å². The highest BCUT2D eigenvalue weighted by atomic mass is 16.8. The highest BCUT2D eigenvalue weighted by Crippen LogP contribution is 2.12. The Morgan fingerprint density at radius 2 is 2.05 bits per heavy atom. The lowest BCUT2D eigenvalue weighted by molar-refractivity contribution is -0.191. The highest BCUT2D eigenvalue weighted by Gasteiger charge is 2.26. The van der Waals surface area contributed by atoms with Crippen LogP contribution in [0.1, 0.15) is 10.4 Å². The summed E-state index contributed by atoms with van der Waals surface area (Å²) in [7, 11) is 0. The van der Waals surface area contributed by atoms with Gasteiger partial charge in [0.25, 0.3) is 0 Å². The Morgan fingerprint density at radius 1 is 1.37 bits per heavy atom. The maximum Gasteiger partial charge on any atom is 0.365 e. The number of phenolic OH excluding ortho intramolecular Hbond substituents is 1. The molecule has 2 amide bonds. The van der Waals surface area contributed by atoms with Crippen molar-refractivity contribution < 1.29 is 19.5 Å². The summed E-state index contributed by atoms with van der Waals surface area (Å²) in [6, 6.07) is 4.60. The standard InChI is InChI=1S/C11H14N4O4/c12-11(18)15(14-6-5-13-7-14)19-10(17)8-1-3-9(16)4-2-8/h1-4,13,16H,5-7H2,(H2,12,18). The van der Waals surface area contributed by atoms with Gasteiger partial charge in [0.15, 0.2) is 0 Å². The van der Waals surface area contributed by atoms with Gasteiger partial charge in [0.05, 0.1) is 12.2 Å². The van der Waals surface area contributed by atoms with Crippen LogP contribution >= 0.6 is 0 Å². The van der Waals surface area contributed by atoms with Crippen molar-refractivity contribution in [1.82, 2.24) is 15.5 Å². The Morgan fingerprint density at radius 3 is 2.58 bits per heavy atom. The SMILES string of the molecule is NC(=O)N(OC(=O)c1ccc(O)cc1)N1CCNC1. The second-order valence-electron chi connectivity index (χ2n) is 3.92. The monoisotopic (exact) mass is 266 g/mol. The third-order valence-corrected chi connectivity index (χ3v) is 2.56. The first-order chi connectivity index (χ1) is 9.08. The lowest BCUT2D eigenvalue weighted by Gasteiger charge is -2.26. The molecule has 0 unspecified atom stereocenters. The summed E-state index contributed by atoms with van der Waals surface area (Å²) in [5, 5.41) is 14.3. The van der Waals surface area contributed by atoms with Gasteiger partial charge in [-0.1, -0.05) is 5.17 Å². The topological polar surface area (TPSA) is 108 Å². The minimum Gasteiger partial charge on any atom is -0.508 e. The maximum absolute atomic E-state index is 11.8. The fourth-order valence-corrected chi connectivity index (χ4v) is 1.62. The third kappa shape index (κ3) is 3.12. The van der Waals surface area contributed by atoms with Crippen molar-refractivity contribution in [2.75, 3.05) is 19.8 Å². The Labute approximate surface area is 109 Å². The summed E-state index contributed by atoms with van der Waals surface area (Å²) in [5.74, 6) is -0.697. The molecule has 1 aromatic carbocycles. The molecule has 0 aromatic heterocycles. The van der Waals surface area contributed by atoms with Gasteiger partial charge in [0.2, 0.25) is 0 Å². The van der Waals surface area contributed by atoms with E-state index in [2.05, 4.69) is 5.32 Å². The molecule has 1 fully saturated rings. The van der Waals surface area contributed by atoms with E-state index in [9.17, 15) is 9.59 Å². The number of primary amides is 1. The first kappa shape index (κ1) is 13.1. The molecule has 0 saturated carbocycles. The lowest BCUT2D eigenvalue weighted by Crippen LogP contribution is -2.49. The average Bonchev–Trinajstić information content (AvgIpc) is 2.89. The van der Waals surface area contributed by atoms with Gasteiger partial charge in [-0.25, -0.2) is 9.59 Å². The molecule has 0 bridgehead atoms. The summed E-state index contributed by atoms with van der Waals surface area (Å²) < 4.78 is 0. The fraction of sp³-hybridized carbons (Fsp3) is 0.273. The molecule has 19 heavy (non-hydrogen) atoms. The number of benzene rings is 1. The number of hydrazine groups is 1. The van der Waals surface area contributed by atoms with Gasteiger partial charge < -0.3 is 21.0 Å². The van der Waals surface area contributed by atoms with Gasteiger partial charge in [-0.2, -0.15) is 5.01 Å². The van der Waals surface area contributed by atoms with Crippen molar-refractivity contribution in [1.29, 1.82) is 0 Å². The van der Waals surface area contributed by atoms with E-state index in [1.165, 1.54) is 29.3 Å². The van der Waals surface area contributed by atoms with E-state index in [-0.39, 0.29) is 11.3 Å². The van der Waals surface area contributed by atoms with Gasteiger partial charge in [0, 0.05) is 13.1 Å². The summed E-state index contributed by atoms with van der Waals surface area (Å²) >= 11 is 0. The first-order valence-electron chi connectivity index (χ1n) is 5.64. The van der Waals surface area contributed by atoms with Crippen LogP contribution in [0.3, 0.4) is 0 Å². The summed E-state index contributed by atoms with van der Waals surface area (Å²) in [5.41, 5.74) is 5.37. The minimum atomic E-state index is -0.879. The molecule has 4 N–H and O–H groups in total. The van der Waals surface area contributed by atoms with E-state index in [0.29, 0.717) is 19.8 Å². The van der Waals surface area contributed by atoms with Crippen molar-refractivity contribution >= 4 is 12.0 Å². The van der Waals surface area contributed by atoms with Gasteiger partial charge >= 0.3 is 12.0 Å². The zero-order chi connectivity index (χ0) is 13.8. The van der Waals surface area contributed by atoms with E-state index in [1.54, 1.807) is 0 Å². The number of carbonyl (C=O) groups is 2. The molecule has 8 nitrogen and oxygen atoms in total. The van der Waals surface area contributed by atoms with Crippen LogP contribution in [0.15, 0.2) is 24.3 Å². The molecule has 8 heteroatoms. The fourth-order valence-electron chi connectivity index (χ4n) is 1.62. The number of nitrogens with zero attached hydrogens (tertiary/aromatic N) is 2. The largest absolute Gasteiger partial charge is 0.508 e. The molecule has 1 saturated heterocycles. The van der Waals surface area contributed by atoms with Gasteiger partial charge in [0.1, 0.15) is 5.75 Å². The molecule has 2 rings (SSSR count).